The maximum atomic E-state index is 12.2. The van der Waals surface area contributed by atoms with Gasteiger partial charge in [-0.3, -0.25) is 9.20 Å². The van der Waals surface area contributed by atoms with Crippen LogP contribution in [-0.2, 0) is 23.8 Å². The van der Waals surface area contributed by atoms with E-state index in [0.29, 0.717) is 17.2 Å². The first-order valence-corrected chi connectivity index (χ1v) is 13.4. The molecule has 2 rings (SSSR count). The first kappa shape index (κ1) is 24.2. The van der Waals surface area contributed by atoms with E-state index in [1.807, 2.05) is 20.2 Å². The van der Waals surface area contributed by atoms with E-state index in [9.17, 15) is 4.21 Å². The Morgan fingerprint density at radius 1 is 1.38 bits per heavy atom. The second-order valence-corrected chi connectivity index (χ2v) is 10.8. The number of aliphatic imine (C=N–C) groups is 1. The largest absolute Gasteiger partial charge is 0.356 e. The first-order chi connectivity index (χ1) is 14.0. The number of rotatable bonds is 10. The zero-order valence-corrected chi connectivity index (χ0v) is 20.2. The number of hydrogen-bond donors (Lipinski definition) is 2. The third-order valence-electron chi connectivity index (χ3n) is 5.24. The van der Waals surface area contributed by atoms with Gasteiger partial charge in [-0.05, 0) is 37.9 Å². The Kier molecular flexibility index (Phi) is 10.5. The highest BCUT2D eigenvalue weighted by atomic mass is 32.2. The molecule has 0 saturated heterocycles. The molecule has 0 aromatic carbocycles. The molecule has 1 aromatic heterocycles. The van der Waals surface area contributed by atoms with Crippen molar-refractivity contribution in [2.75, 3.05) is 25.6 Å². The van der Waals surface area contributed by atoms with Crippen molar-refractivity contribution in [3.05, 3.63) is 5.82 Å². The zero-order valence-electron chi connectivity index (χ0n) is 18.6. The molecule has 1 aliphatic carbocycles. The summed E-state index contributed by atoms with van der Waals surface area (Å²) in [5, 5.41) is 17.0. The molecule has 0 radical (unpaired) electrons. The fraction of sp³-hybridized carbons (Fsp3) is 0.850. The SMILES string of the molecule is CCS(=O)C1CCCC(NC(=NC)NCCCc2nnc(SC)n2CC(C)C)C1. The Labute approximate surface area is 182 Å². The summed E-state index contributed by atoms with van der Waals surface area (Å²) < 4.78 is 14.4. The number of nitrogens with one attached hydrogen (secondary N) is 2. The zero-order chi connectivity index (χ0) is 21.2. The van der Waals surface area contributed by atoms with E-state index < -0.39 is 10.8 Å². The van der Waals surface area contributed by atoms with Gasteiger partial charge in [-0.15, -0.1) is 10.2 Å². The van der Waals surface area contributed by atoms with E-state index in [4.69, 9.17) is 0 Å². The van der Waals surface area contributed by atoms with Gasteiger partial charge in [-0.1, -0.05) is 39.0 Å². The van der Waals surface area contributed by atoms with Crippen molar-refractivity contribution in [1.82, 2.24) is 25.4 Å². The van der Waals surface area contributed by atoms with E-state index in [1.165, 1.54) is 0 Å². The Bertz CT molecular complexity index is 676. The molecule has 1 saturated carbocycles. The smallest absolute Gasteiger partial charge is 0.191 e. The molecule has 7 nitrogen and oxygen atoms in total. The van der Waals surface area contributed by atoms with Crippen LogP contribution in [0.5, 0.6) is 0 Å². The minimum absolute atomic E-state index is 0.322. The molecular formula is C20H38N6OS2. The number of nitrogens with zero attached hydrogens (tertiary/aromatic N) is 4. The second kappa shape index (κ2) is 12.6. The molecular weight excluding hydrogens is 404 g/mol. The summed E-state index contributed by atoms with van der Waals surface area (Å²) in [6.07, 6.45) is 8.22. The quantitative estimate of drug-likeness (QED) is 0.251. The van der Waals surface area contributed by atoms with Crippen LogP contribution in [0.1, 0.15) is 58.7 Å². The van der Waals surface area contributed by atoms with E-state index in [1.54, 1.807) is 11.8 Å². The number of thioether (sulfide) groups is 1. The Morgan fingerprint density at radius 2 is 2.17 bits per heavy atom. The summed E-state index contributed by atoms with van der Waals surface area (Å²) in [7, 11) is 1.11. The van der Waals surface area contributed by atoms with Crippen LogP contribution in [0.15, 0.2) is 10.1 Å². The van der Waals surface area contributed by atoms with Crippen LogP contribution in [0.25, 0.3) is 0 Å². The number of hydrogen-bond acceptors (Lipinski definition) is 5. The van der Waals surface area contributed by atoms with Gasteiger partial charge in [-0.2, -0.15) is 0 Å². The molecule has 9 heteroatoms. The van der Waals surface area contributed by atoms with Crippen LogP contribution >= 0.6 is 11.8 Å². The average molecular weight is 443 g/mol. The fourth-order valence-electron chi connectivity index (χ4n) is 3.80. The number of aryl methyl sites for hydroxylation is 1. The molecule has 0 spiro atoms. The summed E-state index contributed by atoms with van der Waals surface area (Å²) in [4.78, 5) is 4.37. The van der Waals surface area contributed by atoms with Crippen LogP contribution in [0.4, 0.5) is 0 Å². The van der Waals surface area contributed by atoms with Crippen LogP contribution in [-0.4, -0.2) is 61.8 Å². The van der Waals surface area contributed by atoms with Crippen LogP contribution < -0.4 is 10.6 Å². The Morgan fingerprint density at radius 3 is 2.83 bits per heavy atom. The van der Waals surface area contributed by atoms with Gasteiger partial charge in [0.2, 0.25) is 0 Å². The predicted molar refractivity (Wildman–Crippen MR) is 124 cm³/mol. The molecule has 3 atom stereocenters. The van der Waals surface area contributed by atoms with Gasteiger partial charge in [0.25, 0.3) is 0 Å². The summed E-state index contributed by atoms with van der Waals surface area (Å²) in [5.74, 6) is 3.22. The third-order valence-corrected chi connectivity index (χ3v) is 7.65. The van der Waals surface area contributed by atoms with Crippen molar-refractivity contribution in [2.24, 2.45) is 10.9 Å². The van der Waals surface area contributed by atoms with Gasteiger partial charge >= 0.3 is 0 Å². The number of aromatic nitrogens is 3. The summed E-state index contributed by atoms with van der Waals surface area (Å²) >= 11 is 1.65. The van der Waals surface area contributed by atoms with Crippen molar-refractivity contribution in [3.63, 3.8) is 0 Å². The Hall–Kier alpha value is -1.09. The first-order valence-electron chi connectivity index (χ1n) is 10.8. The molecule has 1 aliphatic rings. The predicted octanol–water partition coefficient (Wildman–Crippen LogP) is 2.83. The fourth-order valence-corrected chi connectivity index (χ4v) is 5.67. The van der Waals surface area contributed by atoms with Crippen molar-refractivity contribution in [2.45, 2.75) is 82.3 Å². The average Bonchev–Trinajstić information content (AvgIpc) is 3.10. The maximum Gasteiger partial charge on any atom is 0.191 e. The van der Waals surface area contributed by atoms with Crippen LogP contribution in [0, 0.1) is 5.92 Å². The summed E-state index contributed by atoms with van der Waals surface area (Å²) in [5.41, 5.74) is 0. The lowest BCUT2D eigenvalue weighted by Crippen LogP contribution is -2.46. The normalized spacial score (nSPS) is 21.4. The lowest BCUT2D eigenvalue weighted by atomic mass is 9.95. The summed E-state index contributed by atoms with van der Waals surface area (Å²) in [6.45, 7) is 8.24. The molecule has 0 bridgehead atoms. The molecule has 0 aliphatic heterocycles. The van der Waals surface area contributed by atoms with E-state index in [-0.39, 0.29) is 0 Å². The Balaban J connectivity index is 1.79. The van der Waals surface area contributed by atoms with Gasteiger partial charge in [0.1, 0.15) is 5.82 Å². The highest BCUT2D eigenvalue weighted by Gasteiger charge is 2.26. The molecule has 3 unspecified atom stereocenters. The van der Waals surface area contributed by atoms with Gasteiger partial charge in [-0.25, -0.2) is 0 Å². The highest BCUT2D eigenvalue weighted by Crippen LogP contribution is 2.23. The van der Waals surface area contributed by atoms with Gasteiger partial charge in [0, 0.05) is 54.4 Å². The maximum absolute atomic E-state index is 12.2. The number of guanidine groups is 1. The molecule has 1 aromatic rings. The van der Waals surface area contributed by atoms with E-state index >= 15 is 0 Å². The van der Waals surface area contributed by atoms with Crippen LogP contribution in [0.2, 0.25) is 0 Å². The van der Waals surface area contributed by atoms with Gasteiger partial charge < -0.3 is 15.2 Å². The molecule has 0 amide bonds. The molecule has 2 N–H and O–H groups in total. The third kappa shape index (κ3) is 7.59. The second-order valence-electron chi connectivity index (χ2n) is 8.01. The molecule has 29 heavy (non-hydrogen) atoms. The molecule has 1 fully saturated rings. The standard InChI is InChI=1S/C20H38N6OS2/c1-6-29(27)17-10-7-9-16(13-17)23-19(21-4)22-12-8-11-18-24-25-20(28-5)26(18)14-15(2)3/h15-17H,6-14H2,1-5H3,(H2,21,22,23). The lowest BCUT2D eigenvalue weighted by Gasteiger charge is -2.30. The van der Waals surface area contributed by atoms with Crippen LogP contribution in [0.3, 0.4) is 0 Å². The van der Waals surface area contributed by atoms with Gasteiger partial charge in [0.05, 0.1) is 0 Å². The van der Waals surface area contributed by atoms with Crippen molar-refractivity contribution in [3.8, 4) is 0 Å². The lowest BCUT2D eigenvalue weighted by molar-refractivity contribution is 0.413. The van der Waals surface area contributed by atoms with Crippen molar-refractivity contribution in [1.29, 1.82) is 0 Å². The highest BCUT2D eigenvalue weighted by molar-refractivity contribution is 7.98. The minimum Gasteiger partial charge on any atom is -0.356 e. The summed E-state index contributed by atoms with van der Waals surface area (Å²) in [6, 6.07) is 0.355. The monoisotopic (exact) mass is 442 g/mol. The topological polar surface area (TPSA) is 84.2 Å². The molecule has 1 heterocycles. The van der Waals surface area contributed by atoms with Gasteiger partial charge in [0.15, 0.2) is 11.1 Å². The van der Waals surface area contributed by atoms with E-state index in [0.717, 1.165) is 74.3 Å². The van der Waals surface area contributed by atoms with Crippen molar-refractivity contribution >= 4 is 28.5 Å². The van der Waals surface area contributed by atoms with E-state index in [2.05, 4.69) is 44.2 Å². The molecule has 166 valence electrons. The minimum atomic E-state index is -0.702. The van der Waals surface area contributed by atoms with Crippen molar-refractivity contribution < 1.29 is 4.21 Å².